The molecule has 0 atom stereocenters. The van der Waals surface area contributed by atoms with Crippen molar-refractivity contribution in [2.75, 3.05) is 72.7 Å². The summed E-state index contributed by atoms with van der Waals surface area (Å²) in [4.78, 5) is 20.7. The Morgan fingerprint density at radius 3 is 2.57 bits per heavy atom. The van der Waals surface area contributed by atoms with Gasteiger partial charge in [-0.05, 0) is 19.1 Å². The number of methoxy groups -OCH3 is 1. The highest BCUT2D eigenvalue weighted by Gasteiger charge is 2.21. The standard InChI is InChI=1S/C20H31F2N5O3/c1-3-23-20(25-7-13-30-16-4-5-17(21)18(22)14-16)27-10-8-26(9-11-27)15-19(28)24-6-12-29-2/h4-5,14H,3,6-13,15H2,1-2H3,(H,23,25)(H,24,28). The molecular weight excluding hydrogens is 396 g/mol. The Balaban J connectivity index is 1.76. The Morgan fingerprint density at radius 2 is 1.90 bits per heavy atom. The molecule has 2 N–H and O–H groups in total. The second-order valence-electron chi connectivity index (χ2n) is 6.77. The Morgan fingerprint density at radius 1 is 1.13 bits per heavy atom. The van der Waals surface area contributed by atoms with E-state index >= 15 is 0 Å². The van der Waals surface area contributed by atoms with Gasteiger partial charge in [0.2, 0.25) is 5.91 Å². The topological polar surface area (TPSA) is 78.4 Å². The zero-order valence-electron chi connectivity index (χ0n) is 17.6. The number of carbonyl (C=O) groups excluding carboxylic acids is 1. The minimum absolute atomic E-state index is 0.00421. The third-order valence-electron chi connectivity index (χ3n) is 4.51. The lowest BCUT2D eigenvalue weighted by atomic mass is 10.3. The van der Waals surface area contributed by atoms with E-state index in [-0.39, 0.29) is 18.3 Å². The highest BCUT2D eigenvalue weighted by atomic mass is 19.2. The van der Waals surface area contributed by atoms with E-state index < -0.39 is 11.6 Å². The lowest BCUT2D eigenvalue weighted by Crippen LogP contribution is -2.54. The maximum atomic E-state index is 13.2. The Bertz CT molecular complexity index is 697. The van der Waals surface area contributed by atoms with Crippen LogP contribution in [0.25, 0.3) is 0 Å². The van der Waals surface area contributed by atoms with Gasteiger partial charge in [0.1, 0.15) is 12.4 Å². The normalized spacial score (nSPS) is 15.2. The number of piperazine rings is 1. The van der Waals surface area contributed by atoms with Crippen LogP contribution in [0.3, 0.4) is 0 Å². The summed E-state index contributed by atoms with van der Waals surface area (Å²) < 4.78 is 36.5. The molecule has 0 aromatic heterocycles. The van der Waals surface area contributed by atoms with Gasteiger partial charge in [-0.3, -0.25) is 9.69 Å². The van der Waals surface area contributed by atoms with Crippen molar-refractivity contribution in [2.24, 2.45) is 4.99 Å². The van der Waals surface area contributed by atoms with Crippen molar-refractivity contribution in [1.29, 1.82) is 0 Å². The number of halogens is 2. The van der Waals surface area contributed by atoms with Crippen LogP contribution in [0, 0.1) is 11.6 Å². The van der Waals surface area contributed by atoms with Crippen LogP contribution in [0.4, 0.5) is 8.78 Å². The summed E-state index contributed by atoms with van der Waals surface area (Å²) in [6, 6.07) is 3.45. The lowest BCUT2D eigenvalue weighted by molar-refractivity contribution is -0.122. The van der Waals surface area contributed by atoms with Gasteiger partial charge in [-0.1, -0.05) is 0 Å². The monoisotopic (exact) mass is 427 g/mol. The summed E-state index contributed by atoms with van der Waals surface area (Å²) in [5.41, 5.74) is 0. The van der Waals surface area contributed by atoms with Crippen LogP contribution < -0.4 is 15.4 Å². The van der Waals surface area contributed by atoms with Crippen molar-refractivity contribution in [1.82, 2.24) is 20.4 Å². The van der Waals surface area contributed by atoms with E-state index in [0.717, 1.165) is 50.8 Å². The highest BCUT2D eigenvalue weighted by Crippen LogP contribution is 2.15. The maximum absolute atomic E-state index is 13.2. The summed E-state index contributed by atoms with van der Waals surface area (Å²) in [7, 11) is 1.60. The van der Waals surface area contributed by atoms with Crippen molar-refractivity contribution in [3.8, 4) is 5.75 Å². The predicted molar refractivity (Wildman–Crippen MR) is 111 cm³/mol. The molecule has 0 aliphatic carbocycles. The van der Waals surface area contributed by atoms with Crippen molar-refractivity contribution >= 4 is 11.9 Å². The molecule has 30 heavy (non-hydrogen) atoms. The van der Waals surface area contributed by atoms with Gasteiger partial charge in [0, 0.05) is 52.4 Å². The number of amides is 1. The largest absolute Gasteiger partial charge is 0.492 e. The zero-order chi connectivity index (χ0) is 21.8. The Kier molecular flexibility index (Phi) is 10.3. The van der Waals surface area contributed by atoms with Gasteiger partial charge >= 0.3 is 0 Å². The van der Waals surface area contributed by atoms with E-state index in [1.54, 1.807) is 7.11 Å². The van der Waals surface area contributed by atoms with Gasteiger partial charge in [-0.15, -0.1) is 0 Å². The number of hydrogen-bond donors (Lipinski definition) is 2. The number of ether oxygens (including phenoxy) is 2. The second-order valence-corrected chi connectivity index (χ2v) is 6.77. The van der Waals surface area contributed by atoms with E-state index in [9.17, 15) is 13.6 Å². The highest BCUT2D eigenvalue weighted by molar-refractivity contribution is 5.80. The number of aliphatic imine (C=N–C) groups is 1. The molecule has 168 valence electrons. The number of benzene rings is 1. The van der Waals surface area contributed by atoms with E-state index in [2.05, 4.69) is 25.4 Å². The summed E-state index contributed by atoms with van der Waals surface area (Å²) in [5.74, 6) is -0.798. The van der Waals surface area contributed by atoms with Crippen LogP contribution in [0.15, 0.2) is 23.2 Å². The number of nitrogens with one attached hydrogen (secondary N) is 2. The van der Waals surface area contributed by atoms with Crippen molar-refractivity contribution in [2.45, 2.75) is 6.92 Å². The predicted octanol–water partition coefficient (Wildman–Crippen LogP) is 0.689. The molecule has 1 aromatic carbocycles. The fourth-order valence-corrected chi connectivity index (χ4v) is 2.98. The molecule has 1 amide bonds. The minimum Gasteiger partial charge on any atom is -0.492 e. The van der Waals surface area contributed by atoms with Crippen LogP contribution in [-0.2, 0) is 9.53 Å². The van der Waals surface area contributed by atoms with Gasteiger partial charge in [-0.2, -0.15) is 0 Å². The fraction of sp³-hybridized carbons (Fsp3) is 0.600. The molecule has 2 rings (SSSR count). The number of nitrogens with zero attached hydrogens (tertiary/aromatic N) is 3. The summed E-state index contributed by atoms with van der Waals surface area (Å²) in [5, 5.41) is 6.08. The van der Waals surface area contributed by atoms with Crippen LogP contribution in [0.2, 0.25) is 0 Å². The quantitative estimate of drug-likeness (QED) is 0.325. The molecule has 1 aliphatic heterocycles. The first-order chi connectivity index (χ1) is 14.5. The lowest BCUT2D eigenvalue weighted by Gasteiger charge is -2.36. The summed E-state index contributed by atoms with van der Waals surface area (Å²) >= 11 is 0. The molecule has 1 fully saturated rings. The molecule has 1 saturated heterocycles. The van der Waals surface area contributed by atoms with E-state index in [0.29, 0.717) is 26.2 Å². The molecule has 0 spiro atoms. The third-order valence-corrected chi connectivity index (χ3v) is 4.51. The van der Waals surface area contributed by atoms with Gasteiger partial charge < -0.3 is 25.0 Å². The van der Waals surface area contributed by atoms with Crippen molar-refractivity contribution in [3.63, 3.8) is 0 Å². The van der Waals surface area contributed by atoms with Crippen LogP contribution in [0.5, 0.6) is 5.75 Å². The van der Waals surface area contributed by atoms with E-state index in [4.69, 9.17) is 9.47 Å². The number of rotatable bonds is 10. The molecule has 0 bridgehead atoms. The second kappa shape index (κ2) is 13.0. The Labute approximate surface area is 176 Å². The Hall–Kier alpha value is -2.46. The number of carbonyl (C=O) groups is 1. The SMILES string of the molecule is CCNC(=NCCOc1ccc(F)c(F)c1)N1CCN(CC(=O)NCCOC)CC1. The summed E-state index contributed by atoms with van der Waals surface area (Å²) in [6.07, 6.45) is 0. The molecule has 0 saturated carbocycles. The van der Waals surface area contributed by atoms with Gasteiger partial charge in [0.15, 0.2) is 17.6 Å². The molecule has 0 radical (unpaired) electrons. The van der Waals surface area contributed by atoms with Gasteiger partial charge in [-0.25, -0.2) is 13.8 Å². The minimum atomic E-state index is -0.936. The maximum Gasteiger partial charge on any atom is 0.234 e. The molecule has 10 heteroatoms. The van der Waals surface area contributed by atoms with Crippen LogP contribution in [-0.4, -0.2) is 94.3 Å². The van der Waals surface area contributed by atoms with E-state index in [1.807, 2.05) is 6.92 Å². The zero-order valence-corrected chi connectivity index (χ0v) is 17.6. The molecular formula is C20H31F2N5O3. The molecule has 1 aliphatic rings. The first kappa shape index (κ1) is 23.8. The average Bonchev–Trinajstić information content (AvgIpc) is 2.73. The smallest absolute Gasteiger partial charge is 0.234 e. The van der Waals surface area contributed by atoms with Crippen LogP contribution >= 0.6 is 0 Å². The van der Waals surface area contributed by atoms with E-state index in [1.165, 1.54) is 6.07 Å². The van der Waals surface area contributed by atoms with Crippen molar-refractivity contribution in [3.05, 3.63) is 29.8 Å². The molecule has 8 nitrogen and oxygen atoms in total. The fourth-order valence-electron chi connectivity index (χ4n) is 2.98. The number of guanidine groups is 1. The molecule has 1 heterocycles. The first-order valence-corrected chi connectivity index (χ1v) is 10.1. The van der Waals surface area contributed by atoms with Gasteiger partial charge in [0.25, 0.3) is 0 Å². The average molecular weight is 427 g/mol. The third kappa shape index (κ3) is 8.11. The first-order valence-electron chi connectivity index (χ1n) is 10.1. The molecule has 1 aromatic rings. The van der Waals surface area contributed by atoms with Crippen molar-refractivity contribution < 1.29 is 23.0 Å². The summed E-state index contributed by atoms with van der Waals surface area (Å²) in [6.45, 7) is 7.75. The molecule has 0 unspecified atom stereocenters. The number of hydrogen-bond acceptors (Lipinski definition) is 5. The van der Waals surface area contributed by atoms with Gasteiger partial charge in [0.05, 0.1) is 19.7 Å². The van der Waals surface area contributed by atoms with Crippen LogP contribution in [0.1, 0.15) is 6.92 Å².